The van der Waals surface area contributed by atoms with Gasteiger partial charge >= 0.3 is 0 Å². The molecular formula is C12H19N3O2. The second-order valence-corrected chi connectivity index (χ2v) is 5.64. The maximum absolute atomic E-state index is 12.2. The van der Waals surface area contributed by atoms with Crippen molar-refractivity contribution in [1.29, 1.82) is 0 Å². The summed E-state index contributed by atoms with van der Waals surface area (Å²) in [7, 11) is 0. The maximum atomic E-state index is 12.2. The highest BCUT2D eigenvalue weighted by molar-refractivity contribution is 5.89. The van der Waals surface area contributed by atoms with Gasteiger partial charge in [-0.05, 0) is 19.4 Å². The number of likely N-dealkylation sites (tertiary alicyclic amines) is 1. The van der Waals surface area contributed by atoms with E-state index in [2.05, 4.69) is 10.6 Å². The number of rotatable bonds is 1. The summed E-state index contributed by atoms with van der Waals surface area (Å²) in [4.78, 5) is 25.3. The van der Waals surface area contributed by atoms with E-state index in [1.807, 2.05) is 4.90 Å². The van der Waals surface area contributed by atoms with Crippen LogP contribution in [0.3, 0.4) is 0 Å². The molecule has 2 unspecified atom stereocenters. The standard InChI is InChI=1S/C12H19N3O2/c16-10-5-9(6-14-10)11(17)15-4-2-12(8-15)1-3-13-7-12/h9,13H,1-8H2,(H,14,16). The first kappa shape index (κ1) is 11.0. The predicted octanol–water partition coefficient (Wildman–Crippen LogP) is -0.665. The van der Waals surface area contributed by atoms with Gasteiger partial charge in [0.25, 0.3) is 0 Å². The van der Waals surface area contributed by atoms with Gasteiger partial charge in [-0.2, -0.15) is 0 Å². The van der Waals surface area contributed by atoms with Crippen molar-refractivity contribution in [3.63, 3.8) is 0 Å². The molecule has 17 heavy (non-hydrogen) atoms. The van der Waals surface area contributed by atoms with Crippen LogP contribution in [-0.2, 0) is 9.59 Å². The summed E-state index contributed by atoms with van der Waals surface area (Å²) >= 11 is 0. The fraction of sp³-hybridized carbons (Fsp3) is 0.833. The van der Waals surface area contributed by atoms with E-state index in [4.69, 9.17) is 0 Å². The first-order valence-corrected chi connectivity index (χ1v) is 6.45. The van der Waals surface area contributed by atoms with Gasteiger partial charge in [-0.1, -0.05) is 0 Å². The topological polar surface area (TPSA) is 61.4 Å². The summed E-state index contributed by atoms with van der Waals surface area (Å²) < 4.78 is 0. The molecule has 2 amide bonds. The van der Waals surface area contributed by atoms with Crippen LogP contribution < -0.4 is 10.6 Å². The lowest BCUT2D eigenvalue weighted by Gasteiger charge is -2.24. The summed E-state index contributed by atoms with van der Waals surface area (Å²) in [6, 6.07) is 0. The first-order chi connectivity index (χ1) is 8.19. The largest absolute Gasteiger partial charge is 0.355 e. The zero-order valence-electron chi connectivity index (χ0n) is 10.00. The van der Waals surface area contributed by atoms with E-state index in [0.717, 1.165) is 32.6 Å². The molecule has 0 aromatic carbocycles. The predicted molar refractivity (Wildman–Crippen MR) is 62.2 cm³/mol. The van der Waals surface area contributed by atoms with E-state index in [-0.39, 0.29) is 17.7 Å². The Morgan fingerprint density at radius 3 is 2.94 bits per heavy atom. The SMILES string of the molecule is O=C1CC(C(=O)N2CCC3(CCNC3)C2)CN1. The molecule has 2 N–H and O–H groups in total. The third-order valence-corrected chi connectivity index (χ3v) is 4.41. The van der Waals surface area contributed by atoms with Crippen molar-refractivity contribution < 1.29 is 9.59 Å². The van der Waals surface area contributed by atoms with Crippen LogP contribution in [0.1, 0.15) is 19.3 Å². The van der Waals surface area contributed by atoms with Crippen molar-refractivity contribution in [2.45, 2.75) is 19.3 Å². The summed E-state index contributed by atoms with van der Waals surface area (Å²) in [6.45, 7) is 4.39. The van der Waals surface area contributed by atoms with Crippen LogP contribution in [0.25, 0.3) is 0 Å². The number of nitrogens with one attached hydrogen (secondary N) is 2. The average Bonchev–Trinajstić information content (AvgIpc) is 3.02. The minimum Gasteiger partial charge on any atom is -0.355 e. The number of nitrogens with zero attached hydrogens (tertiary/aromatic N) is 1. The summed E-state index contributed by atoms with van der Waals surface area (Å²) in [6.07, 6.45) is 2.67. The number of hydrogen-bond acceptors (Lipinski definition) is 3. The highest BCUT2D eigenvalue weighted by Crippen LogP contribution is 2.36. The molecule has 5 heteroatoms. The number of carbonyl (C=O) groups is 2. The van der Waals surface area contributed by atoms with Crippen LogP contribution in [0, 0.1) is 11.3 Å². The second-order valence-electron chi connectivity index (χ2n) is 5.64. The van der Waals surface area contributed by atoms with E-state index in [9.17, 15) is 9.59 Å². The lowest BCUT2D eigenvalue weighted by molar-refractivity contribution is -0.135. The van der Waals surface area contributed by atoms with Gasteiger partial charge in [0.15, 0.2) is 0 Å². The van der Waals surface area contributed by atoms with Crippen LogP contribution in [0.2, 0.25) is 0 Å². The summed E-state index contributed by atoms with van der Waals surface area (Å²) in [5, 5.41) is 6.12. The second kappa shape index (κ2) is 3.98. The average molecular weight is 237 g/mol. The van der Waals surface area contributed by atoms with E-state index < -0.39 is 0 Å². The molecule has 2 atom stereocenters. The molecule has 0 saturated carbocycles. The quantitative estimate of drug-likeness (QED) is 0.636. The van der Waals surface area contributed by atoms with Crippen LogP contribution in [0.15, 0.2) is 0 Å². The summed E-state index contributed by atoms with van der Waals surface area (Å²) in [5.41, 5.74) is 0.325. The van der Waals surface area contributed by atoms with Gasteiger partial charge in [-0.15, -0.1) is 0 Å². The van der Waals surface area contributed by atoms with Gasteiger partial charge in [0.05, 0.1) is 5.92 Å². The Bertz CT molecular complexity index is 350. The maximum Gasteiger partial charge on any atom is 0.228 e. The highest BCUT2D eigenvalue weighted by atomic mass is 16.2. The van der Waals surface area contributed by atoms with Crippen molar-refractivity contribution in [2.24, 2.45) is 11.3 Å². The van der Waals surface area contributed by atoms with Gasteiger partial charge in [0.1, 0.15) is 0 Å². The monoisotopic (exact) mass is 237 g/mol. The Morgan fingerprint density at radius 1 is 1.41 bits per heavy atom. The third kappa shape index (κ3) is 1.92. The fourth-order valence-corrected chi connectivity index (χ4v) is 3.31. The molecule has 3 heterocycles. The van der Waals surface area contributed by atoms with Gasteiger partial charge in [-0.25, -0.2) is 0 Å². The Balaban J connectivity index is 1.62. The molecule has 0 aliphatic carbocycles. The molecular weight excluding hydrogens is 218 g/mol. The van der Waals surface area contributed by atoms with Gasteiger partial charge in [0, 0.05) is 38.0 Å². The Kier molecular flexibility index (Phi) is 2.58. The van der Waals surface area contributed by atoms with Crippen molar-refractivity contribution in [3.8, 4) is 0 Å². The van der Waals surface area contributed by atoms with Crippen molar-refractivity contribution >= 4 is 11.8 Å². The number of carbonyl (C=O) groups excluding carboxylic acids is 2. The highest BCUT2D eigenvalue weighted by Gasteiger charge is 2.43. The molecule has 0 bridgehead atoms. The van der Waals surface area contributed by atoms with Gasteiger partial charge in [-0.3, -0.25) is 9.59 Å². The Hall–Kier alpha value is -1.10. The number of hydrogen-bond donors (Lipinski definition) is 2. The van der Waals surface area contributed by atoms with Crippen LogP contribution in [0.5, 0.6) is 0 Å². The molecule has 5 nitrogen and oxygen atoms in total. The fourth-order valence-electron chi connectivity index (χ4n) is 3.31. The minimum absolute atomic E-state index is 0.0137. The zero-order chi connectivity index (χ0) is 11.9. The van der Waals surface area contributed by atoms with E-state index >= 15 is 0 Å². The molecule has 0 aromatic rings. The minimum atomic E-state index is -0.119. The molecule has 0 radical (unpaired) electrons. The van der Waals surface area contributed by atoms with Crippen molar-refractivity contribution in [2.75, 3.05) is 32.7 Å². The number of amides is 2. The van der Waals surface area contributed by atoms with Crippen molar-refractivity contribution in [3.05, 3.63) is 0 Å². The van der Waals surface area contributed by atoms with E-state index in [1.165, 1.54) is 6.42 Å². The van der Waals surface area contributed by atoms with E-state index in [0.29, 0.717) is 18.4 Å². The molecule has 0 aromatic heterocycles. The van der Waals surface area contributed by atoms with Crippen LogP contribution >= 0.6 is 0 Å². The molecule has 3 fully saturated rings. The Morgan fingerprint density at radius 2 is 2.29 bits per heavy atom. The first-order valence-electron chi connectivity index (χ1n) is 6.45. The molecule has 3 aliphatic rings. The molecule has 3 saturated heterocycles. The van der Waals surface area contributed by atoms with Gasteiger partial charge < -0.3 is 15.5 Å². The zero-order valence-corrected chi connectivity index (χ0v) is 10.00. The van der Waals surface area contributed by atoms with Crippen LogP contribution in [-0.4, -0.2) is 49.4 Å². The smallest absolute Gasteiger partial charge is 0.228 e. The lowest BCUT2D eigenvalue weighted by Crippen LogP contribution is -2.37. The summed E-state index contributed by atoms with van der Waals surface area (Å²) in [5.74, 6) is 0.0685. The normalized spacial score (nSPS) is 36.8. The third-order valence-electron chi connectivity index (χ3n) is 4.41. The molecule has 3 aliphatic heterocycles. The molecule has 3 rings (SSSR count). The van der Waals surface area contributed by atoms with Gasteiger partial charge in [0.2, 0.25) is 11.8 Å². The van der Waals surface area contributed by atoms with E-state index in [1.54, 1.807) is 0 Å². The van der Waals surface area contributed by atoms with Crippen LogP contribution in [0.4, 0.5) is 0 Å². The lowest BCUT2D eigenvalue weighted by atomic mass is 9.86. The Labute approximate surface area is 101 Å². The van der Waals surface area contributed by atoms with Crippen molar-refractivity contribution in [1.82, 2.24) is 15.5 Å². The molecule has 1 spiro atoms. The molecule has 94 valence electrons.